The van der Waals surface area contributed by atoms with E-state index in [1.54, 1.807) is 29.2 Å². The summed E-state index contributed by atoms with van der Waals surface area (Å²) in [7, 11) is 0. The van der Waals surface area contributed by atoms with Crippen LogP contribution in [0.3, 0.4) is 0 Å². The number of amides is 3. The van der Waals surface area contributed by atoms with Crippen molar-refractivity contribution in [3.05, 3.63) is 29.3 Å². The van der Waals surface area contributed by atoms with Gasteiger partial charge in [-0.25, -0.2) is 4.79 Å². The van der Waals surface area contributed by atoms with Crippen molar-refractivity contribution in [3.8, 4) is 5.75 Å². The summed E-state index contributed by atoms with van der Waals surface area (Å²) < 4.78 is 5.56. The summed E-state index contributed by atoms with van der Waals surface area (Å²) in [6.07, 6.45) is 3.74. The second-order valence-electron chi connectivity index (χ2n) is 6.83. The van der Waals surface area contributed by atoms with E-state index in [1.165, 1.54) is 0 Å². The predicted molar refractivity (Wildman–Crippen MR) is 100 cm³/mol. The van der Waals surface area contributed by atoms with Gasteiger partial charge in [0.1, 0.15) is 12.4 Å². The van der Waals surface area contributed by atoms with Crippen molar-refractivity contribution in [3.63, 3.8) is 0 Å². The van der Waals surface area contributed by atoms with Gasteiger partial charge in [0, 0.05) is 37.1 Å². The Kier molecular flexibility index (Phi) is 6.61. The number of carbonyl (C=O) groups is 2. The topological polar surface area (TPSA) is 61.9 Å². The summed E-state index contributed by atoms with van der Waals surface area (Å²) >= 11 is 5.83. The Bertz CT molecular complexity index is 609. The summed E-state index contributed by atoms with van der Waals surface area (Å²) in [6, 6.07) is 7.04. The molecule has 3 rings (SSSR count). The Morgan fingerprint density at radius 3 is 2.35 bits per heavy atom. The van der Waals surface area contributed by atoms with Gasteiger partial charge in [-0.1, -0.05) is 11.6 Å². The molecule has 1 aromatic carbocycles. The van der Waals surface area contributed by atoms with Crippen molar-refractivity contribution in [2.75, 3.05) is 39.3 Å². The number of hydrogen-bond acceptors (Lipinski definition) is 3. The SMILES string of the molecule is O=C(NCCOc1ccc(Cl)cc1)N1CCC(C(=O)N2CCCC2)CC1. The molecule has 0 aromatic heterocycles. The first-order valence-corrected chi connectivity index (χ1v) is 9.71. The Labute approximate surface area is 159 Å². The van der Waals surface area contributed by atoms with Gasteiger partial charge in [0.05, 0.1) is 6.54 Å². The molecular formula is C19H26ClN3O3. The lowest BCUT2D eigenvalue weighted by atomic mass is 9.95. The zero-order chi connectivity index (χ0) is 18.4. The van der Waals surface area contributed by atoms with Crippen molar-refractivity contribution in [2.24, 2.45) is 5.92 Å². The van der Waals surface area contributed by atoms with Crippen LogP contribution in [-0.4, -0.2) is 61.1 Å². The Morgan fingerprint density at radius 2 is 1.69 bits per heavy atom. The number of carbonyl (C=O) groups excluding carboxylic acids is 2. The lowest BCUT2D eigenvalue weighted by molar-refractivity contribution is -0.135. The number of benzene rings is 1. The summed E-state index contributed by atoms with van der Waals surface area (Å²) in [5.74, 6) is 1.08. The molecule has 2 aliphatic heterocycles. The first-order chi connectivity index (χ1) is 12.6. The molecule has 2 aliphatic rings. The maximum absolute atomic E-state index is 12.4. The number of piperidine rings is 1. The van der Waals surface area contributed by atoms with Crippen LogP contribution in [0.4, 0.5) is 4.79 Å². The molecule has 26 heavy (non-hydrogen) atoms. The molecule has 142 valence electrons. The molecule has 0 radical (unpaired) electrons. The van der Waals surface area contributed by atoms with Crippen molar-refractivity contribution in [1.29, 1.82) is 0 Å². The lowest BCUT2D eigenvalue weighted by Gasteiger charge is -2.33. The van der Waals surface area contributed by atoms with Crippen LogP contribution in [0.5, 0.6) is 5.75 Å². The fourth-order valence-corrected chi connectivity index (χ4v) is 3.62. The number of ether oxygens (including phenoxy) is 1. The average Bonchev–Trinajstić information content (AvgIpc) is 3.21. The van der Waals surface area contributed by atoms with Crippen molar-refractivity contribution in [2.45, 2.75) is 25.7 Å². The normalized spacial score (nSPS) is 18.0. The Morgan fingerprint density at radius 1 is 1.04 bits per heavy atom. The fourth-order valence-electron chi connectivity index (χ4n) is 3.49. The van der Waals surface area contributed by atoms with Crippen molar-refractivity contribution in [1.82, 2.24) is 15.1 Å². The molecule has 0 atom stereocenters. The van der Waals surface area contributed by atoms with E-state index in [4.69, 9.17) is 16.3 Å². The first kappa shape index (κ1) is 18.8. The number of hydrogen-bond donors (Lipinski definition) is 1. The van der Waals surface area contributed by atoms with Crippen LogP contribution in [0.1, 0.15) is 25.7 Å². The van der Waals surface area contributed by atoms with Gasteiger partial charge < -0.3 is 19.9 Å². The second kappa shape index (κ2) is 9.12. The number of halogens is 1. The molecule has 2 fully saturated rings. The number of likely N-dealkylation sites (tertiary alicyclic amines) is 2. The van der Waals surface area contributed by atoms with Gasteiger partial charge in [-0.05, 0) is 49.9 Å². The highest BCUT2D eigenvalue weighted by molar-refractivity contribution is 6.30. The van der Waals surface area contributed by atoms with E-state index < -0.39 is 0 Å². The van der Waals surface area contributed by atoms with Crippen LogP contribution in [0, 0.1) is 5.92 Å². The maximum atomic E-state index is 12.4. The summed E-state index contributed by atoms with van der Waals surface area (Å²) in [4.78, 5) is 28.4. The standard InChI is InChI=1S/C19H26ClN3O3/c20-16-3-5-17(6-4-16)26-14-9-21-19(25)23-12-7-15(8-13-23)18(24)22-10-1-2-11-22/h3-6,15H,1-2,7-14H2,(H,21,25). The van der Waals surface area contributed by atoms with Gasteiger partial charge in [0.25, 0.3) is 0 Å². The number of nitrogens with zero attached hydrogens (tertiary/aromatic N) is 2. The van der Waals surface area contributed by atoms with Gasteiger partial charge >= 0.3 is 6.03 Å². The number of rotatable bonds is 5. The van der Waals surface area contributed by atoms with E-state index >= 15 is 0 Å². The largest absolute Gasteiger partial charge is 0.492 e. The van der Waals surface area contributed by atoms with E-state index in [2.05, 4.69) is 5.32 Å². The molecule has 2 saturated heterocycles. The van der Waals surface area contributed by atoms with Gasteiger partial charge in [0.15, 0.2) is 0 Å². The lowest BCUT2D eigenvalue weighted by Crippen LogP contribution is -2.47. The molecule has 0 aliphatic carbocycles. The highest BCUT2D eigenvalue weighted by Crippen LogP contribution is 2.22. The van der Waals surface area contributed by atoms with Crippen LogP contribution in [0.15, 0.2) is 24.3 Å². The molecule has 7 heteroatoms. The summed E-state index contributed by atoms with van der Waals surface area (Å²) in [5.41, 5.74) is 0. The van der Waals surface area contributed by atoms with Crippen LogP contribution in [0.25, 0.3) is 0 Å². The van der Waals surface area contributed by atoms with Crippen LogP contribution < -0.4 is 10.1 Å². The van der Waals surface area contributed by atoms with E-state index in [0.717, 1.165) is 44.5 Å². The van der Waals surface area contributed by atoms with E-state index in [1.807, 2.05) is 4.90 Å². The Balaban J connectivity index is 1.33. The summed E-state index contributed by atoms with van der Waals surface area (Å²) in [5, 5.41) is 3.54. The molecule has 6 nitrogen and oxygen atoms in total. The number of urea groups is 1. The predicted octanol–water partition coefficient (Wildman–Crippen LogP) is 2.76. The minimum Gasteiger partial charge on any atom is -0.492 e. The fraction of sp³-hybridized carbons (Fsp3) is 0.579. The Hall–Kier alpha value is -1.95. The highest BCUT2D eigenvalue weighted by atomic mass is 35.5. The molecule has 1 N–H and O–H groups in total. The first-order valence-electron chi connectivity index (χ1n) is 9.33. The van der Waals surface area contributed by atoms with Gasteiger partial charge in [-0.15, -0.1) is 0 Å². The number of nitrogens with one attached hydrogen (secondary N) is 1. The van der Waals surface area contributed by atoms with Gasteiger partial charge in [-0.3, -0.25) is 4.79 Å². The molecular weight excluding hydrogens is 354 g/mol. The minimum absolute atomic E-state index is 0.0744. The average molecular weight is 380 g/mol. The van der Waals surface area contributed by atoms with E-state index in [9.17, 15) is 9.59 Å². The zero-order valence-corrected chi connectivity index (χ0v) is 15.7. The minimum atomic E-state index is -0.0863. The second-order valence-corrected chi connectivity index (χ2v) is 7.26. The van der Waals surface area contributed by atoms with Crippen LogP contribution >= 0.6 is 11.6 Å². The van der Waals surface area contributed by atoms with Crippen molar-refractivity contribution >= 4 is 23.5 Å². The zero-order valence-electron chi connectivity index (χ0n) is 15.0. The molecule has 0 unspecified atom stereocenters. The molecule has 0 saturated carbocycles. The molecule has 1 aromatic rings. The third kappa shape index (κ3) is 5.04. The van der Waals surface area contributed by atoms with Crippen LogP contribution in [0.2, 0.25) is 5.02 Å². The van der Waals surface area contributed by atoms with Gasteiger partial charge in [-0.2, -0.15) is 0 Å². The summed E-state index contributed by atoms with van der Waals surface area (Å²) in [6.45, 7) is 3.90. The molecule has 0 spiro atoms. The molecule has 2 heterocycles. The van der Waals surface area contributed by atoms with E-state index in [-0.39, 0.29) is 17.9 Å². The third-order valence-electron chi connectivity index (χ3n) is 5.01. The van der Waals surface area contributed by atoms with Crippen LogP contribution in [-0.2, 0) is 4.79 Å². The molecule has 3 amide bonds. The monoisotopic (exact) mass is 379 g/mol. The smallest absolute Gasteiger partial charge is 0.317 e. The van der Waals surface area contributed by atoms with Crippen molar-refractivity contribution < 1.29 is 14.3 Å². The maximum Gasteiger partial charge on any atom is 0.317 e. The third-order valence-corrected chi connectivity index (χ3v) is 5.26. The molecule has 0 bridgehead atoms. The van der Waals surface area contributed by atoms with Gasteiger partial charge in [0.2, 0.25) is 5.91 Å². The quantitative estimate of drug-likeness (QED) is 0.800. The van der Waals surface area contributed by atoms with E-state index in [0.29, 0.717) is 31.3 Å². The highest BCUT2D eigenvalue weighted by Gasteiger charge is 2.31.